The molecule has 0 saturated carbocycles. The fraction of sp³-hybridized carbons (Fsp3) is 0.207. The van der Waals surface area contributed by atoms with Crippen molar-refractivity contribution in [3.05, 3.63) is 89.4 Å². The molecule has 1 amide bonds. The van der Waals surface area contributed by atoms with Crippen molar-refractivity contribution >= 4 is 29.2 Å². The Bertz CT molecular complexity index is 1520. The van der Waals surface area contributed by atoms with Crippen molar-refractivity contribution in [3.63, 3.8) is 0 Å². The van der Waals surface area contributed by atoms with Crippen LogP contribution in [-0.4, -0.2) is 52.1 Å². The second-order valence-electron chi connectivity index (χ2n) is 8.99. The first-order valence-electron chi connectivity index (χ1n) is 12.3. The van der Waals surface area contributed by atoms with Gasteiger partial charge in [-0.15, -0.1) is 0 Å². The molecular weight excluding hydrogens is 482 g/mol. The van der Waals surface area contributed by atoms with E-state index in [0.717, 1.165) is 28.1 Å². The summed E-state index contributed by atoms with van der Waals surface area (Å²) < 4.78 is 6.05. The number of carboxylic acid groups (broad SMARTS) is 1. The van der Waals surface area contributed by atoms with Crippen LogP contribution in [0.3, 0.4) is 0 Å². The first-order valence-corrected chi connectivity index (χ1v) is 12.3. The van der Waals surface area contributed by atoms with Gasteiger partial charge in [0.05, 0.1) is 29.1 Å². The number of aromatic nitrogens is 3. The fourth-order valence-electron chi connectivity index (χ4n) is 4.50. The van der Waals surface area contributed by atoms with Crippen LogP contribution in [0.2, 0.25) is 0 Å². The Labute approximate surface area is 220 Å². The summed E-state index contributed by atoms with van der Waals surface area (Å²) in [6.07, 6.45) is 5.43. The number of carbonyl (C=O) groups is 2. The number of aromatic carboxylic acids is 1. The number of hydrogen-bond acceptors (Lipinski definition) is 7. The van der Waals surface area contributed by atoms with Gasteiger partial charge in [-0.2, -0.15) is 0 Å². The van der Waals surface area contributed by atoms with Gasteiger partial charge < -0.3 is 19.6 Å². The number of benzene rings is 1. The number of anilines is 3. The maximum Gasteiger partial charge on any atom is 0.337 e. The topological polar surface area (TPSA) is 109 Å². The summed E-state index contributed by atoms with van der Waals surface area (Å²) in [5.41, 5.74) is 4.83. The summed E-state index contributed by atoms with van der Waals surface area (Å²) in [6.45, 7) is 5.00. The number of carboxylic acids is 1. The molecule has 9 heteroatoms. The largest absolute Gasteiger partial charge is 0.493 e. The van der Waals surface area contributed by atoms with E-state index in [9.17, 15) is 9.59 Å². The molecule has 0 radical (unpaired) electrons. The average molecular weight is 510 g/mol. The lowest BCUT2D eigenvalue weighted by atomic mass is 10.1. The van der Waals surface area contributed by atoms with Crippen molar-refractivity contribution in [2.45, 2.75) is 20.3 Å². The molecule has 9 nitrogen and oxygen atoms in total. The highest BCUT2D eigenvalue weighted by molar-refractivity contribution is 6.12. The number of nitrogens with zero attached hydrogens (tertiary/aromatic N) is 5. The number of hydrogen-bond donors (Lipinski definition) is 1. The Morgan fingerprint density at radius 3 is 2.58 bits per heavy atom. The molecule has 0 atom stereocenters. The van der Waals surface area contributed by atoms with Gasteiger partial charge >= 0.3 is 5.97 Å². The van der Waals surface area contributed by atoms with E-state index >= 15 is 0 Å². The number of rotatable bonds is 7. The number of amides is 1. The van der Waals surface area contributed by atoms with Gasteiger partial charge in [-0.25, -0.2) is 14.8 Å². The first-order chi connectivity index (χ1) is 18.4. The van der Waals surface area contributed by atoms with Crippen molar-refractivity contribution in [2.75, 3.05) is 30.0 Å². The highest BCUT2D eigenvalue weighted by Gasteiger charge is 2.30. The average Bonchev–Trinajstić information content (AvgIpc) is 3.02. The monoisotopic (exact) mass is 509 g/mol. The normalized spacial score (nSPS) is 12.6. The second-order valence-corrected chi connectivity index (χ2v) is 8.99. The zero-order valence-corrected chi connectivity index (χ0v) is 21.4. The van der Waals surface area contributed by atoms with Crippen molar-refractivity contribution in [1.29, 1.82) is 0 Å². The number of fused-ring (bicyclic) bond motifs is 2. The van der Waals surface area contributed by atoms with Gasteiger partial charge in [0.15, 0.2) is 5.82 Å². The molecule has 0 saturated heterocycles. The zero-order valence-electron chi connectivity index (χ0n) is 21.4. The van der Waals surface area contributed by atoms with E-state index in [-0.39, 0.29) is 11.5 Å². The lowest BCUT2D eigenvalue weighted by Gasteiger charge is -2.22. The van der Waals surface area contributed by atoms with Crippen LogP contribution in [0.15, 0.2) is 67.1 Å². The van der Waals surface area contributed by atoms with E-state index in [1.54, 1.807) is 30.4 Å². The van der Waals surface area contributed by atoms with Crippen molar-refractivity contribution in [3.8, 4) is 17.0 Å². The van der Waals surface area contributed by atoms with Crippen molar-refractivity contribution in [1.82, 2.24) is 15.0 Å². The third kappa shape index (κ3) is 4.66. The van der Waals surface area contributed by atoms with Gasteiger partial charge in [0, 0.05) is 44.2 Å². The molecule has 1 N–H and O–H groups in total. The minimum Gasteiger partial charge on any atom is -0.493 e. The van der Waals surface area contributed by atoms with E-state index in [2.05, 4.69) is 15.0 Å². The van der Waals surface area contributed by atoms with Gasteiger partial charge in [0.2, 0.25) is 0 Å². The van der Waals surface area contributed by atoms with Crippen LogP contribution in [0.5, 0.6) is 5.75 Å². The van der Waals surface area contributed by atoms with Crippen LogP contribution in [0.25, 0.3) is 11.3 Å². The Balaban J connectivity index is 1.30. The second kappa shape index (κ2) is 10.3. The van der Waals surface area contributed by atoms with E-state index in [1.807, 2.05) is 55.1 Å². The summed E-state index contributed by atoms with van der Waals surface area (Å²) in [5.74, 6) is 0.919. The quantitative estimate of drug-likeness (QED) is 0.374. The molecular formula is C29H27N5O4. The number of aryl methyl sites for hydroxylation is 1. The molecule has 5 rings (SSSR count). The molecule has 0 spiro atoms. The standard InChI is InChI=1S/C29H27N5O4/c1-4-34-26-22(28(35)33(3)24-6-5-12-30-27(24)34)15-19(16-32-26)11-13-38-25-10-8-20(14-18(25)2)23-9-7-21(17-31-23)29(36)37/h5-10,12,14-17H,4,11,13H2,1-3H3,(H,36,37). The molecule has 1 aromatic carbocycles. The molecule has 0 aliphatic carbocycles. The van der Waals surface area contributed by atoms with Gasteiger partial charge in [-0.1, -0.05) is 0 Å². The number of pyridine rings is 3. The first kappa shape index (κ1) is 24.9. The highest BCUT2D eigenvalue weighted by atomic mass is 16.5. The third-order valence-corrected chi connectivity index (χ3v) is 6.54. The van der Waals surface area contributed by atoms with E-state index in [1.165, 1.54) is 12.3 Å². The summed E-state index contributed by atoms with van der Waals surface area (Å²) >= 11 is 0. The Morgan fingerprint density at radius 2 is 1.87 bits per heavy atom. The maximum absolute atomic E-state index is 13.3. The molecule has 1 aliphatic heterocycles. The van der Waals surface area contributed by atoms with Gasteiger partial charge in [-0.3, -0.25) is 9.78 Å². The molecule has 4 heterocycles. The van der Waals surface area contributed by atoms with Gasteiger partial charge in [-0.05, 0) is 73.5 Å². The molecule has 192 valence electrons. The predicted molar refractivity (Wildman–Crippen MR) is 144 cm³/mol. The zero-order chi connectivity index (χ0) is 26.8. The lowest BCUT2D eigenvalue weighted by molar-refractivity contribution is 0.0696. The third-order valence-electron chi connectivity index (χ3n) is 6.54. The van der Waals surface area contributed by atoms with E-state index in [0.29, 0.717) is 42.5 Å². The van der Waals surface area contributed by atoms with Crippen LogP contribution in [0.1, 0.15) is 38.8 Å². The molecule has 3 aromatic heterocycles. The SMILES string of the molecule is CCN1c2ncc(CCOc3ccc(-c4ccc(C(=O)O)cn4)cc3C)cc2C(=O)N(C)c2cccnc21. The van der Waals surface area contributed by atoms with Crippen LogP contribution in [-0.2, 0) is 6.42 Å². The summed E-state index contributed by atoms with van der Waals surface area (Å²) in [4.78, 5) is 41.4. The predicted octanol–water partition coefficient (Wildman–Crippen LogP) is 4.91. The Kier molecular flexibility index (Phi) is 6.74. The smallest absolute Gasteiger partial charge is 0.337 e. The van der Waals surface area contributed by atoms with Crippen LogP contribution in [0, 0.1) is 6.92 Å². The van der Waals surface area contributed by atoms with Gasteiger partial charge in [0.1, 0.15) is 11.6 Å². The van der Waals surface area contributed by atoms with Crippen molar-refractivity contribution < 1.29 is 19.4 Å². The van der Waals surface area contributed by atoms with Crippen LogP contribution >= 0.6 is 0 Å². The molecule has 4 aromatic rings. The summed E-state index contributed by atoms with van der Waals surface area (Å²) in [5, 5.41) is 9.06. The highest BCUT2D eigenvalue weighted by Crippen LogP contribution is 2.37. The minimum absolute atomic E-state index is 0.128. The van der Waals surface area contributed by atoms with Gasteiger partial charge in [0.25, 0.3) is 5.91 Å². The summed E-state index contributed by atoms with van der Waals surface area (Å²) in [6, 6.07) is 14.6. The summed E-state index contributed by atoms with van der Waals surface area (Å²) in [7, 11) is 1.75. The number of ether oxygens (including phenoxy) is 1. The molecule has 0 bridgehead atoms. The van der Waals surface area contributed by atoms with E-state index in [4.69, 9.17) is 9.84 Å². The molecule has 0 fully saturated rings. The molecule has 1 aliphatic rings. The Hall–Kier alpha value is -4.79. The maximum atomic E-state index is 13.3. The van der Waals surface area contributed by atoms with E-state index < -0.39 is 5.97 Å². The number of carbonyl (C=O) groups excluding carboxylic acids is 1. The lowest BCUT2D eigenvalue weighted by Crippen LogP contribution is -2.25. The Morgan fingerprint density at radius 1 is 1.03 bits per heavy atom. The minimum atomic E-state index is -1.00. The van der Waals surface area contributed by atoms with Crippen LogP contribution < -0.4 is 14.5 Å². The fourth-order valence-corrected chi connectivity index (χ4v) is 4.50. The van der Waals surface area contributed by atoms with Crippen LogP contribution in [0.4, 0.5) is 17.3 Å². The molecule has 0 unspecified atom stereocenters. The van der Waals surface area contributed by atoms with Crippen molar-refractivity contribution in [2.24, 2.45) is 0 Å². The molecule has 38 heavy (non-hydrogen) atoms.